The van der Waals surface area contributed by atoms with Gasteiger partial charge in [0.15, 0.2) is 0 Å². The van der Waals surface area contributed by atoms with Gasteiger partial charge in [-0.3, -0.25) is 4.79 Å². The number of hydrogen-bond acceptors (Lipinski definition) is 4. The molecule has 1 aromatic rings. The summed E-state index contributed by atoms with van der Waals surface area (Å²) in [5.74, 6) is 0.975. The number of benzene rings is 1. The fraction of sp³-hybridized carbons (Fsp3) is 0.385. The summed E-state index contributed by atoms with van der Waals surface area (Å²) in [5, 5.41) is 5.22. The Balaban J connectivity index is 1.85. The monoisotopic (exact) mass is 280 g/mol. The van der Waals surface area contributed by atoms with Crippen LogP contribution in [0.25, 0.3) is 0 Å². The molecule has 1 heterocycles. The van der Waals surface area contributed by atoms with Gasteiger partial charge in [-0.05, 0) is 5.56 Å². The van der Waals surface area contributed by atoms with Crippen LogP contribution < -0.4 is 10.6 Å². The van der Waals surface area contributed by atoms with Crippen LogP contribution in [0, 0.1) is 0 Å². The van der Waals surface area contributed by atoms with Crippen molar-refractivity contribution in [2.45, 2.75) is 12.1 Å². The van der Waals surface area contributed by atoms with Gasteiger partial charge in [-0.15, -0.1) is 0 Å². The van der Waals surface area contributed by atoms with E-state index in [-0.39, 0.29) is 12.5 Å². The molecule has 1 aromatic carbocycles. The maximum atomic E-state index is 11.7. The molecule has 0 aromatic heterocycles. The zero-order chi connectivity index (χ0) is 13.7. The predicted octanol–water partition coefficient (Wildman–Crippen LogP) is 1.14. The summed E-state index contributed by atoms with van der Waals surface area (Å²) < 4.78 is 5.11. The minimum absolute atomic E-state index is 0.178. The average molecular weight is 280 g/mol. The van der Waals surface area contributed by atoms with E-state index in [4.69, 9.17) is 4.74 Å². The van der Waals surface area contributed by atoms with Crippen LogP contribution >= 0.6 is 11.8 Å². The highest BCUT2D eigenvalue weighted by Gasteiger charge is 2.46. The fourth-order valence-corrected chi connectivity index (χ4v) is 2.78. The van der Waals surface area contributed by atoms with Gasteiger partial charge in [-0.1, -0.05) is 30.3 Å². The number of amides is 2. The van der Waals surface area contributed by atoms with E-state index in [2.05, 4.69) is 10.6 Å². The smallest absolute Gasteiger partial charge is 0.408 e. The van der Waals surface area contributed by atoms with Gasteiger partial charge in [0.1, 0.15) is 12.1 Å². The van der Waals surface area contributed by atoms with Crippen molar-refractivity contribution in [1.29, 1.82) is 0 Å². The quantitative estimate of drug-likeness (QED) is 0.868. The van der Waals surface area contributed by atoms with E-state index in [1.165, 1.54) is 0 Å². The van der Waals surface area contributed by atoms with Gasteiger partial charge < -0.3 is 15.4 Å². The molecule has 0 saturated carbocycles. The molecule has 1 aliphatic rings. The molecule has 2 amide bonds. The van der Waals surface area contributed by atoms with Crippen molar-refractivity contribution in [2.75, 3.05) is 18.6 Å². The summed E-state index contributed by atoms with van der Waals surface area (Å²) in [6, 6.07) is 9.41. The average Bonchev–Trinajstić information content (AvgIpc) is 2.41. The number of thioether (sulfide) groups is 1. The van der Waals surface area contributed by atoms with E-state index in [9.17, 15) is 9.59 Å². The van der Waals surface area contributed by atoms with Crippen molar-refractivity contribution in [3.05, 3.63) is 35.9 Å². The molecule has 1 saturated heterocycles. The van der Waals surface area contributed by atoms with Gasteiger partial charge in [0, 0.05) is 18.6 Å². The molecule has 0 unspecified atom stereocenters. The van der Waals surface area contributed by atoms with E-state index < -0.39 is 11.6 Å². The van der Waals surface area contributed by atoms with Crippen LogP contribution in [-0.2, 0) is 16.1 Å². The van der Waals surface area contributed by atoms with E-state index >= 15 is 0 Å². The second-order valence-corrected chi connectivity index (χ2v) is 5.33. The summed E-state index contributed by atoms with van der Waals surface area (Å²) in [4.78, 5) is 23.5. The number of nitrogens with one attached hydrogen (secondary N) is 2. The molecule has 2 rings (SSSR count). The first kappa shape index (κ1) is 13.7. The number of carbonyl (C=O) groups is 2. The van der Waals surface area contributed by atoms with Crippen molar-refractivity contribution < 1.29 is 14.3 Å². The zero-order valence-corrected chi connectivity index (χ0v) is 11.5. The lowest BCUT2D eigenvalue weighted by Crippen LogP contribution is -2.66. The van der Waals surface area contributed by atoms with Crippen molar-refractivity contribution in [3.8, 4) is 0 Å². The minimum atomic E-state index is -0.812. The maximum Gasteiger partial charge on any atom is 0.408 e. The number of rotatable bonds is 4. The largest absolute Gasteiger partial charge is 0.445 e. The zero-order valence-electron chi connectivity index (χ0n) is 10.6. The third kappa shape index (κ3) is 3.20. The molecule has 2 N–H and O–H groups in total. The highest BCUT2D eigenvalue weighted by molar-refractivity contribution is 8.01. The predicted molar refractivity (Wildman–Crippen MR) is 73.9 cm³/mol. The summed E-state index contributed by atoms with van der Waals surface area (Å²) in [6.07, 6.45) is -0.562. The Kier molecular flexibility index (Phi) is 4.31. The Hall–Kier alpha value is -1.69. The Morgan fingerprint density at radius 1 is 1.32 bits per heavy atom. The van der Waals surface area contributed by atoms with Crippen LogP contribution in [0.2, 0.25) is 0 Å². The Bertz CT molecular complexity index is 460. The van der Waals surface area contributed by atoms with Crippen LogP contribution in [0.15, 0.2) is 30.3 Å². The second kappa shape index (κ2) is 5.97. The highest BCUT2D eigenvalue weighted by Crippen LogP contribution is 2.29. The number of carbonyl (C=O) groups excluding carboxylic acids is 2. The van der Waals surface area contributed by atoms with Crippen LogP contribution in [0.1, 0.15) is 5.56 Å². The molecule has 6 heteroatoms. The van der Waals surface area contributed by atoms with E-state index in [1.807, 2.05) is 30.3 Å². The third-order valence-electron chi connectivity index (χ3n) is 2.91. The molecule has 19 heavy (non-hydrogen) atoms. The fourth-order valence-electron chi connectivity index (χ4n) is 1.76. The van der Waals surface area contributed by atoms with Gasteiger partial charge in [-0.2, -0.15) is 11.8 Å². The molecule has 0 aliphatic carbocycles. The lowest BCUT2D eigenvalue weighted by molar-refractivity contribution is -0.125. The van der Waals surface area contributed by atoms with Crippen LogP contribution in [0.4, 0.5) is 4.79 Å². The van der Waals surface area contributed by atoms with E-state index in [0.29, 0.717) is 11.5 Å². The molecule has 102 valence electrons. The topological polar surface area (TPSA) is 67.4 Å². The first-order valence-electron chi connectivity index (χ1n) is 5.95. The molecular formula is C13H16N2O3S. The molecule has 0 bridgehead atoms. The van der Waals surface area contributed by atoms with Crippen LogP contribution in [0.3, 0.4) is 0 Å². The standard InChI is InChI=1S/C13H16N2O3S/c1-14-11(16)13(8-19-9-13)15-12(17)18-7-10-5-3-2-4-6-10/h2-6H,7-9H2,1H3,(H,14,16)(H,15,17). The molecular weight excluding hydrogens is 264 g/mol. The van der Waals surface area contributed by atoms with Crippen molar-refractivity contribution in [3.63, 3.8) is 0 Å². The maximum absolute atomic E-state index is 11.7. The minimum Gasteiger partial charge on any atom is -0.445 e. The van der Waals surface area contributed by atoms with Crippen molar-refractivity contribution >= 4 is 23.8 Å². The SMILES string of the molecule is CNC(=O)C1(NC(=O)OCc2ccccc2)CSC1. The first-order valence-corrected chi connectivity index (χ1v) is 7.10. The van der Waals surface area contributed by atoms with E-state index in [1.54, 1.807) is 18.8 Å². The first-order chi connectivity index (χ1) is 9.16. The van der Waals surface area contributed by atoms with Crippen molar-refractivity contribution in [2.24, 2.45) is 0 Å². The van der Waals surface area contributed by atoms with Crippen LogP contribution in [0.5, 0.6) is 0 Å². The number of hydrogen-bond donors (Lipinski definition) is 2. The number of alkyl carbamates (subject to hydrolysis) is 1. The Morgan fingerprint density at radius 3 is 2.53 bits per heavy atom. The summed E-state index contributed by atoms with van der Waals surface area (Å²) >= 11 is 1.61. The van der Waals surface area contributed by atoms with Crippen molar-refractivity contribution in [1.82, 2.24) is 10.6 Å². The van der Waals surface area contributed by atoms with Gasteiger partial charge in [-0.25, -0.2) is 4.79 Å². The molecule has 0 spiro atoms. The summed E-state index contributed by atoms with van der Waals surface area (Å²) in [6.45, 7) is 0.198. The lowest BCUT2D eigenvalue weighted by Gasteiger charge is -2.39. The molecule has 1 fully saturated rings. The van der Waals surface area contributed by atoms with Gasteiger partial charge in [0.05, 0.1) is 0 Å². The lowest BCUT2D eigenvalue weighted by atomic mass is 10.0. The Labute approximate surface area is 116 Å². The van der Waals surface area contributed by atoms with Gasteiger partial charge in [0.25, 0.3) is 0 Å². The molecule has 1 aliphatic heterocycles. The highest BCUT2D eigenvalue weighted by atomic mass is 32.2. The van der Waals surface area contributed by atoms with Gasteiger partial charge >= 0.3 is 6.09 Å². The molecule has 0 radical (unpaired) electrons. The summed E-state index contributed by atoms with van der Waals surface area (Å²) in [5.41, 5.74) is 0.0994. The second-order valence-electron chi connectivity index (χ2n) is 4.34. The molecule has 5 nitrogen and oxygen atoms in total. The van der Waals surface area contributed by atoms with E-state index in [0.717, 1.165) is 5.56 Å². The van der Waals surface area contributed by atoms with Crippen LogP contribution in [-0.4, -0.2) is 36.1 Å². The normalized spacial score (nSPS) is 16.1. The number of likely N-dealkylation sites (N-methyl/N-ethyl adjacent to an activating group) is 1. The third-order valence-corrected chi connectivity index (χ3v) is 4.31. The molecule has 0 atom stereocenters. The number of ether oxygens (including phenoxy) is 1. The Morgan fingerprint density at radius 2 is 2.00 bits per heavy atom. The van der Waals surface area contributed by atoms with Gasteiger partial charge in [0.2, 0.25) is 5.91 Å². The summed E-state index contributed by atoms with van der Waals surface area (Å²) in [7, 11) is 1.56.